The molecule has 3 aromatic rings. The number of halogens is 1. The first-order chi connectivity index (χ1) is 13.5. The van der Waals surface area contributed by atoms with Gasteiger partial charge in [0.1, 0.15) is 11.4 Å². The zero-order chi connectivity index (χ0) is 19.7. The minimum absolute atomic E-state index is 0.0314. The van der Waals surface area contributed by atoms with Crippen molar-refractivity contribution in [2.75, 3.05) is 6.79 Å². The molecule has 142 valence electrons. The maximum Gasteiger partial charge on any atom is 0.345 e. The Morgan fingerprint density at radius 1 is 1.21 bits per heavy atom. The van der Waals surface area contributed by atoms with Crippen molar-refractivity contribution in [2.45, 2.75) is 6.61 Å². The molecule has 28 heavy (non-hydrogen) atoms. The molecule has 0 saturated heterocycles. The summed E-state index contributed by atoms with van der Waals surface area (Å²) < 4.78 is 33.2. The van der Waals surface area contributed by atoms with Crippen LogP contribution in [0.3, 0.4) is 0 Å². The number of rotatable bonds is 5. The van der Waals surface area contributed by atoms with Gasteiger partial charge < -0.3 is 18.7 Å². The number of nitro groups is 1. The van der Waals surface area contributed by atoms with E-state index in [0.717, 1.165) is 6.07 Å². The van der Waals surface area contributed by atoms with Gasteiger partial charge in [-0.05, 0) is 24.3 Å². The van der Waals surface area contributed by atoms with Gasteiger partial charge in [-0.3, -0.25) is 10.1 Å². The molecule has 0 atom stereocenters. The summed E-state index contributed by atoms with van der Waals surface area (Å²) in [4.78, 5) is 26.8. The second-order valence-electron chi connectivity index (χ2n) is 5.57. The fourth-order valence-corrected chi connectivity index (χ4v) is 2.48. The molecule has 0 aliphatic carbocycles. The van der Waals surface area contributed by atoms with Crippen LogP contribution in [0.15, 0.2) is 40.9 Å². The molecule has 2 aromatic carbocycles. The molecule has 1 aliphatic rings. The summed E-state index contributed by atoms with van der Waals surface area (Å²) >= 11 is 0. The molecule has 0 amide bonds. The quantitative estimate of drug-likeness (QED) is 0.369. The van der Waals surface area contributed by atoms with Crippen LogP contribution in [0.1, 0.15) is 16.2 Å². The fraction of sp³-hybridized carbons (Fsp3) is 0.118. The van der Waals surface area contributed by atoms with Crippen LogP contribution in [0.5, 0.6) is 11.5 Å². The Hall–Kier alpha value is -4.02. The molecule has 0 N–H and O–H groups in total. The van der Waals surface area contributed by atoms with Crippen molar-refractivity contribution in [3.8, 4) is 22.9 Å². The molecule has 0 saturated carbocycles. The minimum Gasteiger partial charge on any atom is -0.454 e. The minimum atomic E-state index is -0.966. The fourth-order valence-electron chi connectivity index (χ4n) is 2.48. The third kappa shape index (κ3) is 3.32. The van der Waals surface area contributed by atoms with Crippen LogP contribution in [0.4, 0.5) is 10.1 Å². The van der Waals surface area contributed by atoms with Crippen molar-refractivity contribution in [1.29, 1.82) is 0 Å². The molecule has 0 bridgehead atoms. The normalized spacial score (nSPS) is 12.0. The summed E-state index contributed by atoms with van der Waals surface area (Å²) in [6, 6.07) is 7.69. The molecule has 10 nitrogen and oxygen atoms in total. The molecule has 11 heteroatoms. The molecule has 0 unspecified atom stereocenters. The molecule has 1 aliphatic heterocycles. The molecular formula is C17H10FN3O7. The van der Waals surface area contributed by atoms with Crippen molar-refractivity contribution in [3.05, 3.63) is 63.8 Å². The second-order valence-corrected chi connectivity index (χ2v) is 5.57. The highest BCUT2D eigenvalue weighted by atomic mass is 19.1. The number of carbonyl (C=O) groups excluding carboxylic acids is 1. The van der Waals surface area contributed by atoms with Crippen LogP contribution < -0.4 is 9.47 Å². The number of hydrogen-bond donors (Lipinski definition) is 0. The van der Waals surface area contributed by atoms with Crippen LogP contribution in [-0.2, 0) is 11.3 Å². The number of carbonyl (C=O) groups is 1. The Bertz CT molecular complexity index is 1070. The van der Waals surface area contributed by atoms with Crippen LogP contribution >= 0.6 is 0 Å². The van der Waals surface area contributed by atoms with E-state index in [9.17, 15) is 19.3 Å². The standard InChI is InChI=1S/C17H10FN3O7/c18-10-3-1-9(2-4-10)16-19-15(28-20-16)7-25-17(22)11-5-13-14(27-8-26-13)6-12(11)21(23)24/h1-6H,7-8H2. The number of aromatic nitrogens is 2. The van der Waals surface area contributed by atoms with E-state index in [0.29, 0.717) is 5.56 Å². The molecule has 0 radical (unpaired) electrons. The Labute approximate surface area is 155 Å². The lowest BCUT2D eigenvalue weighted by molar-refractivity contribution is -0.385. The van der Waals surface area contributed by atoms with Crippen molar-refractivity contribution in [2.24, 2.45) is 0 Å². The summed E-state index contributed by atoms with van der Waals surface area (Å²) in [5, 5.41) is 14.9. The summed E-state index contributed by atoms with van der Waals surface area (Å²) in [7, 11) is 0. The molecule has 0 spiro atoms. The van der Waals surface area contributed by atoms with E-state index in [1.54, 1.807) is 0 Å². The van der Waals surface area contributed by atoms with Gasteiger partial charge in [-0.25, -0.2) is 9.18 Å². The van der Waals surface area contributed by atoms with Gasteiger partial charge in [0.05, 0.1) is 11.0 Å². The summed E-state index contributed by atoms with van der Waals surface area (Å²) in [6.45, 7) is -0.502. The Kier molecular flexibility index (Phi) is 4.32. The third-order valence-electron chi connectivity index (χ3n) is 3.80. The van der Waals surface area contributed by atoms with Crippen molar-refractivity contribution in [1.82, 2.24) is 10.1 Å². The number of esters is 1. The van der Waals surface area contributed by atoms with E-state index in [-0.39, 0.29) is 35.6 Å². The van der Waals surface area contributed by atoms with Crippen LogP contribution in [0, 0.1) is 15.9 Å². The second kappa shape index (κ2) is 6.95. The molecular weight excluding hydrogens is 377 g/mol. The molecule has 2 heterocycles. The summed E-state index contributed by atoms with van der Waals surface area (Å²) in [5.41, 5.74) is -0.270. The average molecular weight is 387 g/mol. The molecule has 1 aromatic heterocycles. The number of benzene rings is 2. The Morgan fingerprint density at radius 2 is 1.93 bits per heavy atom. The number of hydrogen-bond acceptors (Lipinski definition) is 9. The van der Waals surface area contributed by atoms with Crippen molar-refractivity contribution < 1.29 is 32.8 Å². The Balaban J connectivity index is 1.49. The van der Waals surface area contributed by atoms with Gasteiger partial charge in [0.15, 0.2) is 18.1 Å². The van der Waals surface area contributed by atoms with Gasteiger partial charge in [0, 0.05) is 11.6 Å². The highest BCUT2D eigenvalue weighted by Crippen LogP contribution is 2.38. The van der Waals surface area contributed by atoms with Crippen molar-refractivity contribution in [3.63, 3.8) is 0 Å². The lowest BCUT2D eigenvalue weighted by Crippen LogP contribution is -2.08. The SMILES string of the molecule is O=C(OCc1nc(-c2ccc(F)cc2)no1)c1cc2c(cc1[N+](=O)[O-])OCO2. The van der Waals surface area contributed by atoms with Crippen molar-refractivity contribution >= 4 is 11.7 Å². The topological polar surface area (TPSA) is 127 Å². The van der Waals surface area contributed by atoms with E-state index >= 15 is 0 Å². The predicted molar refractivity (Wildman–Crippen MR) is 88.0 cm³/mol. The maximum absolute atomic E-state index is 13.0. The first kappa shape index (κ1) is 17.4. The van der Waals surface area contributed by atoms with Gasteiger partial charge in [-0.2, -0.15) is 4.98 Å². The van der Waals surface area contributed by atoms with Gasteiger partial charge in [-0.1, -0.05) is 5.16 Å². The first-order valence-corrected chi connectivity index (χ1v) is 7.85. The van der Waals surface area contributed by atoms with Gasteiger partial charge in [0.2, 0.25) is 12.6 Å². The van der Waals surface area contributed by atoms with Gasteiger partial charge in [0.25, 0.3) is 11.6 Å². The summed E-state index contributed by atoms with van der Waals surface area (Å²) in [5.74, 6) is -0.854. The monoisotopic (exact) mass is 387 g/mol. The lowest BCUT2D eigenvalue weighted by atomic mass is 10.1. The number of fused-ring (bicyclic) bond motifs is 1. The van der Waals surface area contributed by atoms with E-state index in [2.05, 4.69) is 10.1 Å². The van der Waals surface area contributed by atoms with E-state index < -0.39 is 29.0 Å². The van der Waals surface area contributed by atoms with Crippen LogP contribution in [0.2, 0.25) is 0 Å². The Morgan fingerprint density at radius 3 is 2.64 bits per heavy atom. The molecule has 4 rings (SSSR count). The smallest absolute Gasteiger partial charge is 0.345 e. The van der Waals surface area contributed by atoms with E-state index in [1.165, 1.54) is 30.3 Å². The molecule has 0 fully saturated rings. The van der Waals surface area contributed by atoms with E-state index in [1.807, 2.05) is 0 Å². The van der Waals surface area contributed by atoms with Gasteiger partial charge >= 0.3 is 5.97 Å². The maximum atomic E-state index is 13.0. The first-order valence-electron chi connectivity index (χ1n) is 7.85. The third-order valence-corrected chi connectivity index (χ3v) is 3.80. The zero-order valence-corrected chi connectivity index (χ0v) is 14.0. The summed E-state index contributed by atoms with van der Waals surface area (Å²) in [6.07, 6.45) is 0. The highest BCUT2D eigenvalue weighted by molar-refractivity contribution is 5.95. The largest absolute Gasteiger partial charge is 0.454 e. The van der Waals surface area contributed by atoms with E-state index in [4.69, 9.17) is 18.7 Å². The average Bonchev–Trinajstić information content (AvgIpc) is 3.34. The number of nitrogens with zero attached hydrogens (tertiary/aromatic N) is 3. The highest BCUT2D eigenvalue weighted by Gasteiger charge is 2.28. The zero-order valence-electron chi connectivity index (χ0n) is 14.0. The van der Waals surface area contributed by atoms with Crippen LogP contribution in [-0.4, -0.2) is 27.8 Å². The predicted octanol–water partition coefficient (Wildman–Crippen LogP) is 2.87. The number of ether oxygens (including phenoxy) is 3. The number of nitro benzene ring substituents is 1. The van der Waals surface area contributed by atoms with Crippen LogP contribution in [0.25, 0.3) is 11.4 Å². The van der Waals surface area contributed by atoms with Gasteiger partial charge in [-0.15, -0.1) is 0 Å². The lowest BCUT2D eigenvalue weighted by Gasteiger charge is -2.04.